The maximum absolute atomic E-state index is 5.71. The van der Waals surface area contributed by atoms with Gasteiger partial charge in [-0.1, -0.05) is 51.5 Å². The Hall–Kier alpha value is -0.980. The molecule has 1 heterocycles. The van der Waals surface area contributed by atoms with Gasteiger partial charge in [0.05, 0.1) is 33.0 Å². The molecular weight excluding hydrogens is 364 g/mol. The molecule has 1 aliphatic rings. The second-order valence-corrected chi connectivity index (χ2v) is 8.20. The summed E-state index contributed by atoms with van der Waals surface area (Å²) in [5.41, 5.74) is 2.84. The van der Waals surface area contributed by atoms with Crippen molar-refractivity contribution in [2.45, 2.75) is 46.1 Å². The van der Waals surface area contributed by atoms with Crippen molar-refractivity contribution in [3.8, 4) is 0 Å². The highest BCUT2D eigenvalue weighted by Crippen LogP contribution is 2.16. The third kappa shape index (κ3) is 10.6. The van der Waals surface area contributed by atoms with Crippen molar-refractivity contribution in [3.05, 3.63) is 35.4 Å². The summed E-state index contributed by atoms with van der Waals surface area (Å²) < 4.78 is 16.7. The molecule has 0 atom stereocenters. The number of unbranched alkanes of at least 4 members (excludes halogenated alkanes) is 1. The van der Waals surface area contributed by atoms with Crippen molar-refractivity contribution in [1.82, 2.24) is 9.80 Å². The third-order valence-electron chi connectivity index (χ3n) is 5.46. The van der Waals surface area contributed by atoms with E-state index < -0.39 is 0 Å². The largest absolute Gasteiger partial charge is 0.379 e. The first-order valence-corrected chi connectivity index (χ1v) is 11.5. The van der Waals surface area contributed by atoms with Crippen LogP contribution in [0.2, 0.25) is 0 Å². The van der Waals surface area contributed by atoms with Crippen LogP contribution in [0.15, 0.2) is 24.3 Å². The van der Waals surface area contributed by atoms with Crippen LogP contribution >= 0.6 is 0 Å². The first-order chi connectivity index (χ1) is 14.2. The van der Waals surface area contributed by atoms with Crippen LogP contribution in [-0.4, -0.2) is 82.2 Å². The lowest BCUT2D eigenvalue weighted by Gasteiger charge is -2.34. The Bertz CT molecular complexity index is 513. The summed E-state index contributed by atoms with van der Waals surface area (Å²) in [4.78, 5) is 5.05. The Morgan fingerprint density at radius 3 is 1.90 bits per heavy atom. The molecule has 5 nitrogen and oxygen atoms in total. The highest BCUT2D eigenvalue weighted by molar-refractivity contribution is 5.24. The van der Waals surface area contributed by atoms with Crippen LogP contribution in [0.1, 0.15) is 50.7 Å². The molecule has 1 fully saturated rings. The summed E-state index contributed by atoms with van der Waals surface area (Å²) in [6, 6.07) is 9.12. The standard InChI is InChI=1S/C24H42N2O3/c1-4-5-15-27-17-19-29-20-18-28-16-14-25-10-12-26(13-11-25)21-23-6-8-24(9-7-23)22(2)3/h6-9,22H,4-5,10-21H2,1-3H3. The molecule has 0 saturated carbocycles. The molecule has 1 aromatic carbocycles. The summed E-state index contributed by atoms with van der Waals surface area (Å²) in [7, 11) is 0. The van der Waals surface area contributed by atoms with Crippen LogP contribution in [0, 0.1) is 0 Å². The van der Waals surface area contributed by atoms with Crippen LogP contribution in [-0.2, 0) is 20.8 Å². The van der Waals surface area contributed by atoms with Gasteiger partial charge in [-0.2, -0.15) is 0 Å². The molecular formula is C24H42N2O3. The van der Waals surface area contributed by atoms with Crippen LogP contribution in [0.5, 0.6) is 0 Å². The number of hydrogen-bond acceptors (Lipinski definition) is 5. The van der Waals surface area contributed by atoms with E-state index in [0.29, 0.717) is 32.3 Å². The number of benzene rings is 1. The van der Waals surface area contributed by atoms with Gasteiger partial charge in [0, 0.05) is 45.9 Å². The minimum absolute atomic E-state index is 0.603. The molecule has 0 N–H and O–H groups in total. The monoisotopic (exact) mass is 406 g/mol. The van der Waals surface area contributed by atoms with Gasteiger partial charge >= 0.3 is 0 Å². The number of nitrogens with zero attached hydrogens (tertiary/aromatic N) is 2. The van der Waals surface area contributed by atoms with Gasteiger partial charge in [0.2, 0.25) is 0 Å². The molecule has 5 heteroatoms. The summed E-state index contributed by atoms with van der Waals surface area (Å²) >= 11 is 0. The van der Waals surface area contributed by atoms with Gasteiger partial charge in [0.15, 0.2) is 0 Å². The highest BCUT2D eigenvalue weighted by atomic mass is 16.5. The van der Waals surface area contributed by atoms with E-state index in [1.165, 1.54) is 17.5 Å². The van der Waals surface area contributed by atoms with Gasteiger partial charge in [-0.3, -0.25) is 9.80 Å². The molecule has 2 rings (SSSR count). The fourth-order valence-electron chi connectivity index (χ4n) is 3.42. The van der Waals surface area contributed by atoms with Crippen molar-refractivity contribution < 1.29 is 14.2 Å². The minimum atomic E-state index is 0.603. The van der Waals surface area contributed by atoms with E-state index >= 15 is 0 Å². The molecule has 166 valence electrons. The zero-order chi connectivity index (χ0) is 20.7. The second kappa shape index (κ2) is 14.9. The molecule has 1 saturated heterocycles. The van der Waals surface area contributed by atoms with E-state index in [9.17, 15) is 0 Å². The van der Waals surface area contributed by atoms with E-state index in [4.69, 9.17) is 14.2 Å². The van der Waals surface area contributed by atoms with Gasteiger partial charge in [-0.15, -0.1) is 0 Å². The molecule has 0 aromatic heterocycles. The maximum atomic E-state index is 5.71. The van der Waals surface area contributed by atoms with Gasteiger partial charge in [-0.05, 0) is 23.5 Å². The van der Waals surface area contributed by atoms with Crippen molar-refractivity contribution >= 4 is 0 Å². The molecule has 0 radical (unpaired) electrons. The summed E-state index contributed by atoms with van der Waals surface area (Å²) in [5, 5.41) is 0. The Labute approximate surface area is 178 Å². The molecule has 1 aliphatic heterocycles. The number of rotatable bonds is 15. The van der Waals surface area contributed by atoms with Crippen molar-refractivity contribution in [1.29, 1.82) is 0 Å². The Kier molecular flexibility index (Phi) is 12.5. The topological polar surface area (TPSA) is 34.2 Å². The summed E-state index contributed by atoms with van der Waals surface area (Å²) in [6.07, 6.45) is 2.30. The lowest BCUT2D eigenvalue weighted by atomic mass is 10.0. The molecule has 0 bridgehead atoms. The van der Waals surface area contributed by atoms with Crippen molar-refractivity contribution in [2.75, 3.05) is 72.4 Å². The Balaban J connectivity index is 1.45. The zero-order valence-corrected chi connectivity index (χ0v) is 18.9. The minimum Gasteiger partial charge on any atom is -0.379 e. The fraction of sp³-hybridized carbons (Fsp3) is 0.750. The summed E-state index contributed by atoms with van der Waals surface area (Å²) in [5.74, 6) is 0.603. The number of hydrogen-bond donors (Lipinski definition) is 0. The Morgan fingerprint density at radius 2 is 1.31 bits per heavy atom. The van der Waals surface area contributed by atoms with Gasteiger partial charge < -0.3 is 14.2 Å². The first kappa shape index (κ1) is 24.3. The maximum Gasteiger partial charge on any atom is 0.0701 e. The zero-order valence-electron chi connectivity index (χ0n) is 18.9. The van der Waals surface area contributed by atoms with E-state index in [1.807, 2.05) is 0 Å². The predicted octanol–water partition coefficient (Wildman–Crippen LogP) is 3.78. The molecule has 29 heavy (non-hydrogen) atoms. The van der Waals surface area contributed by atoms with E-state index in [0.717, 1.165) is 58.9 Å². The van der Waals surface area contributed by atoms with Crippen molar-refractivity contribution in [3.63, 3.8) is 0 Å². The van der Waals surface area contributed by atoms with Crippen LogP contribution < -0.4 is 0 Å². The molecule has 0 unspecified atom stereocenters. The molecule has 0 aliphatic carbocycles. The average Bonchev–Trinajstić information content (AvgIpc) is 2.73. The third-order valence-corrected chi connectivity index (χ3v) is 5.46. The smallest absolute Gasteiger partial charge is 0.0701 e. The van der Waals surface area contributed by atoms with Crippen LogP contribution in [0.3, 0.4) is 0 Å². The van der Waals surface area contributed by atoms with E-state index in [-0.39, 0.29) is 0 Å². The first-order valence-electron chi connectivity index (χ1n) is 11.5. The van der Waals surface area contributed by atoms with Gasteiger partial charge in [0.1, 0.15) is 0 Å². The number of piperazine rings is 1. The van der Waals surface area contributed by atoms with Gasteiger partial charge in [0.25, 0.3) is 0 Å². The van der Waals surface area contributed by atoms with Crippen LogP contribution in [0.25, 0.3) is 0 Å². The summed E-state index contributed by atoms with van der Waals surface area (Å²) in [6.45, 7) is 17.5. The second-order valence-electron chi connectivity index (χ2n) is 8.20. The Morgan fingerprint density at radius 1 is 0.759 bits per heavy atom. The lowest BCUT2D eigenvalue weighted by molar-refractivity contribution is 0.00739. The van der Waals surface area contributed by atoms with Crippen molar-refractivity contribution in [2.24, 2.45) is 0 Å². The normalized spacial score (nSPS) is 16.0. The number of ether oxygens (including phenoxy) is 3. The van der Waals surface area contributed by atoms with E-state index in [1.54, 1.807) is 0 Å². The highest BCUT2D eigenvalue weighted by Gasteiger charge is 2.16. The predicted molar refractivity (Wildman–Crippen MR) is 120 cm³/mol. The molecule has 0 spiro atoms. The quantitative estimate of drug-likeness (QED) is 0.414. The van der Waals surface area contributed by atoms with Gasteiger partial charge in [-0.25, -0.2) is 0 Å². The molecule has 0 amide bonds. The van der Waals surface area contributed by atoms with Crippen LogP contribution in [0.4, 0.5) is 0 Å². The van der Waals surface area contributed by atoms with E-state index in [2.05, 4.69) is 54.8 Å². The fourth-order valence-corrected chi connectivity index (χ4v) is 3.42. The molecule has 1 aromatic rings. The lowest BCUT2D eigenvalue weighted by Crippen LogP contribution is -2.46. The SMILES string of the molecule is CCCCOCCOCCOCCN1CCN(Cc2ccc(C(C)C)cc2)CC1. The average molecular weight is 407 g/mol.